The molecule has 2 N–H and O–H groups in total. The molecule has 0 aliphatic heterocycles. The third-order valence-electron chi connectivity index (χ3n) is 6.88. The molecular formula is C30H32O12. The van der Waals surface area contributed by atoms with Crippen LogP contribution in [0.5, 0.6) is 23.0 Å². The minimum absolute atomic E-state index is 0.263. The third kappa shape index (κ3) is 6.48. The maximum Gasteiger partial charge on any atom is 0.306 e. The monoisotopic (exact) mass is 584 g/mol. The van der Waals surface area contributed by atoms with Gasteiger partial charge >= 0.3 is 11.9 Å². The second kappa shape index (κ2) is 13.6. The van der Waals surface area contributed by atoms with Crippen LogP contribution in [0.25, 0.3) is 0 Å². The zero-order valence-corrected chi connectivity index (χ0v) is 24.0. The summed E-state index contributed by atoms with van der Waals surface area (Å²) in [5.41, 5.74) is -0.553. The van der Waals surface area contributed by atoms with E-state index in [0.717, 1.165) is 14.2 Å². The van der Waals surface area contributed by atoms with Gasteiger partial charge in [-0.15, -0.1) is 0 Å². The Kier molecular flexibility index (Phi) is 10.2. The normalized spacial score (nSPS) is 14.7. The van der Waals surface area contributed by atoms with Crippen LogP contribution in [0.2, 0.25) is 0 Å². The van der Waals surface area contributed by atoms with Crippen molar-refractivity contribution in [3.05, 3.63) is 70.2 Å². The molecular weight excluding hydrogens is 552 g/mol. The molecule has 1 aliphatic rings. The van der Waals surface area contributed by atoms with E-state index >= 15 is 0 Å². The van der Waals surface area contributed by atoms with Crippen LogP contribution in [0.4, 0.5) is 0 Å². The zero-order valence-electron chi connectivity index (χ0n) is 24.0. The minimum Gasteiger partial charge on any atom is -0.504 e. The Labute approximate surface area is 242 Å². The van der Waals surface area contributed by atoms with E-state index in [-0.39, 0.29) is 11.1 Å². The van der Waals surface area contributed by atoms with Gasteiger partial charge in [-0.25, -0.2) is 0 Å². The van der Waals surface area contributed by atoms with Crippen molar-refractivity contribution >= 4 is 23.5 Å². The van der Waals surface area contributed by atoms with E-state index in [4.69, 9.17) is 28.4 Å². The summed E-state index contributed by atoms with van der Waals surface area (Å²) in [6.07, 6.45) is -0.959. The van der Waals surface area contributed by atoms with Gasteiger partial charge in [0.25, 0.3) is 0 Å². The number of carbonyl (C=O) groups excluding carboxylic acids is 4. The quantitative estimate of drug-likeness (QED) is 0.276. The number of ketones is 2. The van der Waals surface area contributed by atoms with Gasteiger partial charge in [-0.05, 0) is 35.4 Å². The molecule has 3 rings (SSSR count). The Morgan fingerprint density at radius 2 is 0.857 bits per heavy atom. The maximum absolute atomic E-state index is 13.8. The Bertz CT molecular complexity index is 1300. The average Bonchev–Trinajstić information content (AvgIpc) is 3.01. The van der Waals surface area contributed by atoms with Crippen molar-refractivity contribution in [2.75, 3.05) is 42.7 Å². The molecule has 224 valence electrons. The van der Waals surface area contributed by atoms with Crippen molar-refractivity contribution in [1.29, 1.82) is 0 Å². The van der Waals surface area contributed by atoms with E-state index in [9.17, 15) is 29.4 Å². The number of hydrogen-bond acceptors (Lipinski definition) is 12. The Balaban J connectivity index is 2.24. The van der Waals surface area contributed by atoms with Gasteiger partial charge in [0.15, 0.2) is 11.5 Å². The summed E-state index contributed by atoms with van der Waals surface area (Å²) in [6.45, 7) is 0. The number of Topliss-reactive ketones (excluding diaryl/α,β-unsaturated/α-hetero) is 2. The van der Waals surface area contributed by atoms with Gasteiger partial charge in [-0.3, -0.25) is 19.2 Å². The first kappa shape index (κ1) is 31.5. The van der Waals surface area contributed by atoms with Gasteiger partial charge in [-0.2, -0.15) is 0 Å². The van der Waals surface area contributed by atoms with Crippen LogP contribution in [-0.4, -0.2) is 76.4 Å². The third-order valence-corrected chi connectivity index (χ3v) is 6.88. The van der Waals surface area contributed by atoms with Crippen LogP contribution in [0.15, 0.2) is 59.1 Å². The van der Waals surface area contributed by atoms with Gasteiger partial charge in [0.1, 0.15) is 23.0 Å². The van der Waals surface area contributed by atoms with Gasteiger partial charge < -0.3 is 38.6 Å². The Morgan fingerprint density at radius 3 is 1.10 bits per heavy atom. The van der Waals surface area contributed by atoms with Gasteiger partial charge in [0, 0.05) is 24.0 Å². The van der Waals surface area contributed by atoms with E-state index in [2.05, 4.69) is 0 Å². The molecule has 2 aromatic carbocycles. The highest BCUT2D eigenvalue weighted by atomic mass is 16.5. The number of hydrogen-bond donors (Lipinski definition) is 2. The van der Waals surface area contributed by atoms with Crippen LogP contribution in [-0.2, 0) is 28.7 Å². The first-order valence-electron chi connectivity index (χ1n) is 12.6. The lowest BCUT2D eigenvalue weighted by Crippen LogP contribution is -2.31. The van der Waals surface area contributed by atoms with Crippen molar-refractivity contribution in [2.24, 2.45) is 0 Å². The van der Waals surface area contributed by atoms with Crippen molar-refractivity contribution in [3.8, 4) is 23.0 Å². The molecule has 0 fully saturated rings. The molecule has 0 spiro atoms. The number of benzene rings is 2. The van der Waals surface area contributed by atoms with Crippen LogP contribution >= 0.6 is 0 Å². The van der Waals surface area contributed by atoms with Crippen LogP contribution in [0.3, 0.4) is 0 Å². The van der Waals surface area contributed by atoms with E-state index in [1.807, 2.05) is 0 Å². The maximum atomic E-state index is 13.8. The fourth-order valence-electron chi connectivity index (χ4n) is 4.70. The number of ether oxygens (including phenoxy) is 6. The van der Waals surface area contributed by atoms with Gasteiger partial charge in [0.2, 0.25) is 11.6 Å². The highest BCUT2D eigenvalue weighted by Crippen LogP contribution is 2.43. The summed E-state index contributed by atoms with van der Waals surface area (Å²) in [5.74, 6) is -7.06. The lowest BCUT2D eigenvalue weighted by molar-refractivity contribution is -0.142. The summed E-state index contributed by atoms with van der Waals surface area (Å²) < 4.78 is 30.8. The van der Waals surface area contributed by atoms with Gasteiger partial charge in [0.05, 0.1) is 66.6 Å². The molecule has 42 heavy (non-hydrogen) atoms. The topological polar surface area (TPSA) is 164 Å². The summed E-state index contributed by atoms with van der Waals surface area (Å²) in [4.78, 5) is 52.4. The lowest BCUT2D eigenvalue weighted by Gasteiger charge is -2.28. The van der Waals surface area contributed by atoms with Crippen molar-refractivity contribution in [3.63, 3.8) is 0 Å². The highest BCUT2D eigenvalue weighted by molar-refractivity contribution is 6.24. The van der Waals surface area contributed by atoms with Crippen molar-refractivity contribution in [2.45, 2.75) is 24.7 Å². The predicted molar refractivity (Wildman–Crippen MR) is 147 cm³/mol. The molecule has 12 heteroatoms. The molecule has 0 heterocycles. The second-order valence-corrected chi connectivity index (χ2v) is 9.14. The smallest absolute Gasteiger partial charge is 0.306 e. The zero-order chi connectivity index (χ0) is 31.1. The van der Waals surface area contributed by atoms with E-state index in [1.54, 1.807) is 12.1 Å². The molecule has 2 aromatic rings. The number of esters is 2. The number of carbonyl (C=O) groups is 4. The van der Waals surface area contributed by atoms with Crippen LogP contribution in [0, 0.1) is 0 Å². The molecule has 0 amide bonds. The Hall–Kier alpha value is -5.00. The second-order valence-electron chi connectivity index (χ2n) is 9.14. The fraction of sp³-hybridized carbons (Fsp3) is 0.333. The first-order valence-corrected chi connectivity index (χ1v) is 12.6. The molecule has 0 aromatic heterocycles. The summed E-state index contributed by atoms with van der Waals surface area (Å²) in [6, 6.07) is 9.08. The molecule has 0 bridgehead atoms. The fourth-order valence-corrected chi connectivity index (χ4v) is 4.70. The molecule has 1 aliphatic carbocycles. The average molecular weight is 585 g/mol. The Morgan fingerprint density at radius 1 is 0.571 bits per heavy atom. The number of allylic oxidation sites excluding steroid dienone is 2. The number of methoxy groups -OCH3 is 6. The van der Waals surface area contributed by atoms with Crippen molar-refractivity contribution in [1.82, 2.24) is 0 Å². The van der Waals surface area contributed by atoms with Crippen LogP contribution < -0.4 is 18.9 Å². The van der Waals surface area contributed by atoms with Crippen molar-refractivity contribution < 1.29 is 57.8 Å². The predicted octanol–water partition coefficient (Wildman–Crippen LogP) is 3.49. The molecule has 2 atom stereocenters. The molecule has 12 nitrogen and oxygen atoms in total. The van der Waals surface area contributed by atoms with E-state index < -0.39 is 70.8 Å². The standard InChI is InChI=1S/C30H32O12/c1-37-17-7-15(8-18(11-17)38-2)21(13-23(31)41-5)25-27(33)29(35)26(30(36)28(25)34)22(14-24(32)42-6)16-9-19(39-3)12-20(10-16)40-4/h7-12,21-22,33,36H,13-14H2,1-6H3/t21-,22+. The molecule has 0 saturated carbocycles. The van der Waals surface area contributed by atoms with E-state index in [1.165, 1.54) is 52.7 Å². The van der Waals surface area contributed by atoms with Crippen LogP contribution in [0.1, 0.15) is 35.8 Å². The SMILES string of the molecule is COC(=O)C[C@H](C1=C(O)C(=O)C([C@H](CC(=O)OC)c2cc(OC)cc(OC)c2)=C(O)C1=O)c1cc(OC)cc(OC)c1. The summed E-state index contributed by atoms with van der Waals surface area (Å²) in [5, 5.41) is 22.5. The number of aliphatic hydroxyl groups is 2. The molecule has 0 saturated heterocycles. The number of rotatable bonds is 12. The van der Waals surface area contributed by atoms with Gasteiger partial charge in [-0.1, -0.05) is 0 Å². The highest BCUT2D eigenvalue weighted by Gasteiger charge is 2.43. The van der Waals surface area contributed by atoms with E-state index in [0.29, 0.717) is 23.0 Å². The molecule has 0 unspecified atom stereocenters. The largest absolute Gasteiger partial charge is 0.504 e. The molecule has 0 radical (unpaired) electrons. The minimum atomic E-state index is -1.25. The first-order chi connectivity index (χ1) is 20.0. The summed E-state index contributed by atoms with van der Waals surface area (Å²) in [7, 11) is 7.88. The lowest BCUT2D eigenvalue weighted by atomic mass is 9.75. The number of aliphatic hydroxyl groups excluding tert-OH is 2. The summed E-state index contributed by atoms with van der Waals surface area (Å²) >= 11 is 0.